The quantitative estimate of drug-likeness (QED) is 0.562. The van der Waals surface area contributed by atoms with Gasteiger partial charge in [0.15, 0.2) is 5.78 Å². The maximum Gasteiger partial charge on any atom is 0.170 e. The minimum absolute atomic E-state index is 0.0204. The van der Waals surface area contributed by atoms with Crippen LogP contribution in [0.15, 0.2) is 24.3 Å². The maximum absolute atomic E-state index is 11.9. The molecule has 0 bridgehead atoms. The van der Waals surface area contributed by atoms with Crippen LogP contribution < -0.4 is 0 Å². The van der Waals surface area contributed by atoms with Crippen LogP contribution in [-0.4, -0.2) is 11.6 Å². The Labute approximate surface area is 96.7 Å². The summed E-state index contributed by atoms with van der Waals surface area (Å²) in [5.41, 5.74) is 1.60. The summed E-state index contributed by atoms with van der Waals surface area (Å²) in [4.78, 5) is 23.5. The molecule has 2 heteroatoms. The van der Waals surface area contributed by atoms with Gasteiger partial charge in [-0.3, -0.25) is 9.59 Å². The van der Waals surface area contributed by atoms with E-state index in [-0.39, 0.29) is 23.9 Å². The normalized spacial score (nSPS) is 12.2. The van der Waals surface area contributed by atoms with E-state index in [9.17, 15) is 9.59 Å². The van der Waals surface area contributed by atoms with Crippen molar-refractivity contribution >= 4 is 11.6 Å². The Bertz CT molecular complexity index is 393. The molecule has 0 aliphatic rings. The molecule has 2 nitrogen and oxygen atoms in total. The third-order valence-electron chi connectivity index (χ3n) is 2.94. The highest BCUT2D eigenvalue weighted by atomic mass is 16.1. The third-order valence-corrected chi connectivity index (χ3v) is 2.94. The zero-order valence-electron chi connectivity index (χ0n) is 10.1. The van der Waals surface area contributed by atoms with Crippen LogP contribution in [0.25, 0.3) is 0 Å². The van der Waals surface area contributed by atoms with E-state index in [4.69, 9.17) is 0 Å². The molecular weight excluding hydrogens is 200 g/mol. The third kappa shape index (κ3) is 3.02. The average molecular weight is 218 g/mol. The highest BCUT2D eigenvalue weighted by Crippen LogP contribution is 2.13. The van der Waals surface area contributed by atoms with Gasteiger partial charge >= 0.3 is 0 Å². The van der Waals surface area contributed by atoms with Gasteiger partial charge in [0.2, 0.25) is 0 Å². The van der Waals surface area contributed by atoms with Gasteiger partial charge in [0.1, 0.15) is 5.78 Å². The van der Waals surface area contributed by atoms with Gasteiger partial charge in [-0.15, -0.1) is 0 Å². The van der Waals surface area contributed by atoms with E-state index < -0.39 is 0 Å². The number of carbonyl (C=O) groups is 2. The Morgan fingerprint density at radius 2 is 1.88 bits per heavy atom. The van der Waals surface area contributed by atoms with Gasteiger partial charge in [-0.2, -0.15) is 0 Å². The molecule has 0 N–H and O–H groups in total. The van der Waals surface area contributed by atoms with Crippen LogP contribution in [0.3, 0.4) is 0 Å². The van der Waals surface area contributed by atoms with E-state index in [2.05, 4.69) is 0 Å². The second-order valence-electron chi connectivity index (χ2n) is 4.19. The lowest BCUT2D eigenvalue weighted by molar-refractivity contribution is -0.121. The van der Waals surface area contributed by atoms with Gasteiger partial charge in [0.25, 0.3) is 0 Å². The highest BCUT2D eigenvalue weighted by molar-refractivity contribution is 6.09. The van der Waals surface area contributed by atoms with Crippen molar-refractivity contribution in [2.45, 2.75) is 33.6 Å². The molecule has 1 unspecified atom stereocenters. The Hall–Kier alpha value is -1.44. The molecule has 1 rings (SSSR count). The van der Waals surface area contributed by atoms with Crippen molar-refractivity contribution in [3.63, 3.8) is 0 Å². The Morgan fingerprint density at radius 3 is 2.44 bits per heavy atom. The van der Waals surface area contributed by atoms with E-state index in [1.807, 2.05) is 39.0 Å². The second kappa shape index (κ2) is 5.59. The first kappa shape index (κ1) is 12.6. The van der Waals surface area contributed by atoms with Crippen molar-refractivity contribution in [2.24, 2.45) is 5.92 Å². The topological polar surface area (TPSA) is 34.1 Å². The fourth-order valence-corrected chi connectivity index (χ4v) is 1.54. The lowest BCUT2D eigenvalue weighted by atomic mass is 9.95. The molecule has 0 aliphatic heterocycles. The molecule has 0 amide bonds. The molecule has 0 aliphatic carbocycles. The van der Waals surface area contributed by atoms with Crippen molar-refractivity contribution in [3.8, 4) is 0 Å². The minimum Gasteiger partial charge on any atom is -0.299 e. The Balaban J connectivity index is 2.74. The van der Waals surface area contributed by atoms with Gasteiger partial charge < -0.3 is 0 Å². The first-order chi connectivity index (χ1) is 7.56. The molecule has 0 radical (unpaired) electrons. The molecule has 16 heavy (non-hydrogen) atoms. The second-order valence-corrected chi connectivity index (χ2v) is 4.19. The molecule has 0 fully saturated rings. The monoisotopic (exact) mass is 218 g/mol. The summed E-state index contributed by atoms with van der Waals surface area (Å²) in [6.07, 6.45) is 0.819. The van der Waals surface area contributed by atoms with Crippen molar-refractivity contribution in [3.05, 3.63) is 35.4 Å². The fraction of sp³-hybridized carbons (Fsp3) is 0.429. The molecule has 1 aromatic rings. The zero-order chi connectivity index (χ0) is 12.1. The lowest BCUT2D eigenvalue weighted by Gasteiger charge is -2.07. The molecular formula is C14H18O2. The summed E-state index contributed by atoms with van der Waals surface area (Å²) in [6, 6.07) is 7.39. The van der Waals surface area contributed by atoms with Crippen LogP contribution in [-0.2, 0) is 4.79 Å². The van der Waals surface area contributed by atoms with E-state index in [0.717, 1.165) is 12.0 Å². The summed E-state index contributed by atoms with van der Waals surface area (Å²) in [6.45, 7) is 5.72. The van der Waals surface area contributed by atoms with Crippen LogP contribution in [0.2, 0.25) is 0 Å². The largest absolute Gasteiger partial charge is 0.299 e. The molecule has 86 valence electrons. The molecule has 1 atom stereocenters. The number of aryl methyl sites for hydroxylation is 1. The molecule has 0 aromatic heterocycles. The first-order valence-electron chi connectivity index (χ1n) is 5.67. The molecule has 0 saturated heterocycles. The van der Waals surface area contributed by atoms with Gasteiger partial charge in [0.05, 0.1) is 6.42 Å². The summed E-state index contributed by atoms with van der Waals surface area (Å²) in [5.74, 6) is -0.0490. The average Bonchev–Trinajstić information content (AvgIpc) is 2.28. The number of ketones is 2. The Morgan fingerprint density at radius 1 is 1.25 bits per heavy atom. The van der Waals surface area contributed by atoms with E-state index in [0.29, 0.717) is 5.56 Å². The fourth-order valence-electron chi connectivity index (χ4n) is 1.54. The van der Waals surface area contributed by atoms with Crippen molar-refractivity contribution in [1.29, 1.82) is 0 Å². The van der Waals surface area contributed by atoms with Crippen LogP contribution >= 0.6 is 0 Å². The number of hydrogen-bond acceptors (Lipinski definition) is 2. The van der Waals surface area contributed by atoms with Crippen LogP contribution in [0.5, 0.6) is 0 Å². The zero-order valence-corrected chi connectivity index (χ0v) is 10.1. The van der Waals surface area contributed by atoms with Crippen molar-refractivity contribution in [1.82, 2.24) is 0 Å². The number of Topliss-reactive ketones (excluding diaryl/α,β-unsaturated/α-hetero) is 2. The minimum atomic E-state index is -0.0663. The summed E-state index contributed by atoms with van der Waals surface area (Å²) < 4.78 is 0. The van der Waals surface area contributed by atoms with Crippen LogP contribution in [0, 0.1) is 12.8 Å². The molecule has 0 heterocycles. The predicted molar refractivity (Wildman–Crippen MR) is 64.6 cm³/mol. The smallest absolute Gasteiger partial charge is 0.170 e. The number of hydrogen-bond donors (Lipinski definition) is 0. The van der Waals surface area contributed by atoms with Gasteiger partial charge in [-0.25, -0.2) is 0 Å². The van der Waals surface area contributed by atoms with Crippen LogP contribution in [0.4, 0.5) is 0 Å². The molecule has 0 saturated carbocycles. The predicted octanol–water partition coefficient (Wildman–Crippen LogP) is 3.18. The summed E-state index contributed by atoms with van der Waals surface area (Å²) >= 11 is 0. The van der Waals surface area contributed by atoms with E-state index in [1.165, 1.54) is 0 Å². The SMILES string of the molecule is CCC(C)C(=O)CC(=O)c1ccccc1C. The van der Waals surface area contributed by atoms with Crippen molar-refractivity contribution < 1.29 is 9.59 Å². The van der Waals surface area contributed by atoms with E-state index >= 15 is 0 Å². The first-order valence-corrected chi connectivity index (χ1v) is 5.67. The maximum atomic E-state index is 11.9. The van der Waals surface area contributed by atoms with Crippen molar-refractivity contribution in [2.75, 3.05) is 0 Å². The lowest BCUT2D eigenvalue weighted by Crippen LogP contribution is -2.15. The summed E-state index contributed by atoms with van der Waals surface area (Å²) in [5, 5.41) is 0. The highest BCUT2D eigenvalue weighted by Gasteiger charge is 2.17. The number of benzene rings is 1. The molecule has 0 spiro atoms. The van der Waals surface area contributed by atoms with Gasteiger partial charge in [-0.1, -0.05) is 38.1 Å². The Kier molecular flexibility index (Phi) is 4.41. The standard InChI is InChI=1S/C14H18O2/c1-4-10(2)13(15)9-14(16)12-8-6-5-7-11(12)3/h5-8,10H,4,9H2,1-3H3. The van der Waals surface area contributed by atoms with Crippen LogP contribution in [0.1, 0.15) is 42.6 Å². The number of rotatable bonds is 5. The van der Waals surface area contributed by atoms with E-state index in [1.54, 1.807) is 6.07 Å². The summed E-state index contributed by atoms with van der Waals surface area (Å²) in [7, 11) is 0. The molecule has 1 aromatic carbocycles. The van der Waals surface area contributed by atoms with Gasteiger partial charge in [-0.05, 0) is 18.9 Å². The number of carbonyl (C=O) groups excluding carboxylic acids is 2. The van der Waals surface area contributed by atoms with Gasteiger partial charge in [0, 0.05) is 11.5 Å².